The summed E-state index contributed by atoms with van der Waals surface area (Å²) in [7, 11) is 2.18. The summed E-state index contributed by atoms with van der Waals surface area (Å²) in [5.74, 6) is 0. The highest BCUT2D eigenvalue weighted by Crippen LogP contribution is 2.15. The van der Waals surface area contributed by atoms with Crippen LogP contribution in [-0.4, -0.2) is 24.5 Å². The number of nitrogens with two attached hydrogens (primary N) is 1. The molecule has 0 bridgehead atoms. The lowest BCUT2D eigenvalue weighted by atomic mass is 10.0. The van der Waals surface area contributed by atoms with Crippen LogP contribution in [-0.2, 0) is 6.42 Å². The molecular weight excluding hydrogens is 220 g/mol. The zero-order valence-corrected chi connectivity index (χ0v) is 12.3. The first-order chi connectivity index (χ1) is 8.62. The van der Waals surface area contributed by atoms with Gasteiger partial charge in [0.25, 0.3) is 0 Å². The Bertz CT molecular complexity index is 327. The monoisotopic (exact) mass is 248 g/mol. The second kappa shape index (κ2) is 7.55. The molecule has 2 nitrogen and oxygen atoms in total. The fraction of sp³-hybridized carbons (Fsp3) is 0.625. The average Bonchev–Trinajstić information content (AvgIpc) is 2.40. The Hall–Kier alpha value is -0.860. The third-order valence-corrected chi connectivity index (χ3v) is 3.87. The highest BCUT2D eigenvalue weighted by Gasteiger charge is 2.14. The third-order valence-electron chi connectivity index (χ3n) is 3.87. The first-order valence-corrected chi connectivity index (χ1v) is 7.16. The van der Waals surface area contributed by atoms with E-state index in [4.69, 9.17) is 5.73 Å². The number of benzene rings is 1. The highest BCUT2D eigenvalue weighted by atomic mass is 15.1. The molecule has 0 saturated heterocycles. The van der Waals surface area contributed by atoms with Gasteiger partial charge in [-0.2, -0.15) is 0 Å². The molecule has 0 heterocycles. The Morgan fingerprint density at radius 2 is 1.61 bits per heavy atom. The minimum absolute atomic E-state index is 0.113. The molecule has 0 aliphatic rings. The van der Waals surface area contributed by atoms with Crippen molar-refractivity contribution in [1.29, 1.82) is 0 Å². The maximum absolute atomic E-state index is 6.29. The third kappa shape index (κ3) is 4.11. The van der Waals surface area contributed by atoms with Gasteiger partial charge in [0.1, 0.15) is 0 Å². The smallest absolute Gasteiger partial charge is 0.0424 e. The number of aryl methyl sites for hydroxylation is 1. The summed E-state index contributed by atoms with van der Waals surface area (Å²) in [4.78, 5) is 2.39. The summed E-state index contributed by atoms with van der Waals surface area (Å²) >= 11 is 0. The van der Waals surface area contributed by atoms with Crippen molar-refractivity contribution in [2.75, 3.05) is 13.6 Å². The van der Waals surface area contributed by atoms with E-state index in [1.165, 1.54) is 24.0 Å². The lowest BCUT2D eigenvalue weighted by Crippen LogP contribution is -2.36. The predicted octanol–water partition coefficient (Wildman–Crippen LogP) is 3.37. The van der Waals surface area contributed by atoms with Gasteiger partial charge in [-0.05, 0) is 37.4 Å². The molecule has 1 rings (SSSR count). The molecule has 1 unspecified atom stereocenters. The van der Waals surface area contributed by atoms with Crippen molar-refractivity contribution in [1.82, 2.24) is 4.90 Å². The average molecular weight is 248 g/mol. The van der Waals surface area contributed by atoms with Crippen LogP contribution in [0.15, 0.2) is 24.3 Å². The molecule has 0 amide bonds. The Morgan fingerprint density at radius 1 is 1.06 bits per heavy atom. The van der Waals surface area contributed by atoms with Crippen molar-refractivity contribution in [3.8, 4) is 0 Å². The fourth-order valence-corrected chi connectivity index (χ4v) is 2.48. The number of hydrogen-bond acceptors (Lipinski definition) is 2. The van der Waals surface area contributed by atoms with E-state index in [9.17, 15) is 0 Å². The van der Waals surface area contributed by atoms with Crippen molar-refractivity contribution in [2.24, 2.45) is 5.73 Å². The molecule has 1 aromatic rings. The zero-order valence-electron chi connectivity index (χ0n) is 12.3. The Morgan fingerprint density at radius 3 is 2.06 bits per heavy atom. The van der Waals surface area contributed by atoms with Gasteiger partial charge in [-0.15, -0.1) is 0 Å². The van der Waals surface area contributed by atoms with Gasteiger partial charge < -0.3 is 10.6 Å². The van der Waals surface area contributed by atoms with Gasteiger partial charge >= 0.3 is 0 Å². The van der Waals surface area contributed by atoms with E-state index in [2.05, 4.69) is 57.0 Å². The van der Waals surface area contributed by atoms with Gasteiger partial charge in [0, 0.05) is 18.6 Å². The van der Waals surface area contributed by atoms with E-state index in [1.54, 1.807) is 0 Å². The van der Waals surface area contributed by atoms with Gasteiger partial charge in [-0.3, -0.25) is 0 Å². The largest absolute Gasteiger partial charge is 0.323 e. The first-order valence-electron chi connectivity index (χ1n) is 7.16. The maximum Gasteiger partial charge on any atom is 0.0424 e. The molecule has 102 valence electrons. The Labute approximate surface area is 112 Å². The number of nitrogens with zero attached hydrogens (tertiary/aromatic N) is 1. The molecular formula is C16H28N2. The summed E-state index contributed by atoms with van der Waals surface area (Å²) in [5.41, 5.74) is 8.91. The normalized spacial score (nSPS) is 13.3. The second-order valence-corrected chi connectivity index (χ2v) is 5.11. The topological polar surface area (TPSA) is 29.3 Å². The van der Waals surface area contributed by atoms with Crippen LogP contribution in [0.4, 0.5) is 0 Å². The molecule has 0 fully saturated rings. The van der Waals surface area contributed by atoms with Crippen molar-refractivity contribution >= 4 is 0 Å². The van der Waals surface area contributed by atoms with E-state index in [0.29, 0.717) is 6.04 Å². The van der Waals surface area contributed by atoms with E-state index in [-0.39, 0.29) is 6.04 Å². The molecule has 0 aliphatic carbocycles. The summed E-state index contributed by atoms with van der Waals surface area (Å²) in [6, 6.07) is 9.47. The summed E-state index contributed by atoms with van der Waals surface area (Å²) in [5, 5.41) is 0. The zero-order chi connectivity index (χ0) is 13.5. The summed E-state index contributed by atoms with van der Waals surface area (Å²) in [6.45, 7) is 7.59. The lowest BCUT2D eigenvalue weighted by Gasteiger charge is -2.28. The molecule has 18 heavy (non-hydrogen) atoms. The molecule has 2 N–H and O–H groups in total. The molecule has 0 saturated carbocycles. The quantitative estimate of drug-likeness (QED) is 0.801. The molecule has 1 aromatic carbocycles. The van der Waals surface area contributed by atoms with Gasteiger partial charge in [-0.25, -0.2) is 0 Å². The van der Waals surface area contributed by atoms with Crippen LogP contribution >= 0.6 is 0 Å². The van der Waals surface area contributed by atoms with Gasteiger partial charge in [0.05, 0.1) is 0 Å². The molecule has 0 radical (unpaired) electrons. The standard InChI is InChI=1S/C16H28N2/c1-5-13-8-10-14(11-9-13)16(17)12-18(4)15(6-2)7-3/h8-11,15-16H,5-7,12,17H2,1-4H3. The van der Waals surface area contributed by atoms with Crippen molar-refractivity contribution in [3.05, 3.63) is 35.4 Å². The van der Waals surface area contributed by atoms with Crippen LogP contribution in [0.5, 0.6) is 0 Å². The van der Waals surface area contributed by atoms with E-state index in [1.807, 2.05) is 0 Å². The van der Waals surface area contributed by atoms with Crippen LogP contribution in [0.2, 0.25) is 0 Å². The summed E-state index contributed by atoms with van der Waals surface area (Å²) in [6.07, 6.45) is 3.46. The fourth-order valence-electron chi connectivity index (χ4n) is 2.48. The van der Waals surface area contributed by atoms with E-state index >= 15 is 0 Å². The maximum atomic E-state index is 6.29. The van der Waals surface area contributed by atoms with E-state index < -0.39 is 0 Å². The van der Waals surface area contributed by atoms with Crippen LogP contribution in [0.3, 0.4) is 0 Å². The van der Waals surface area contributed by atoms with Gasteiger partial charge in [0.2, 0.25) is 0 Å². The van der Waals surface area contributed by atoms with Crippen LogP contribution in [0.1, 0.15) is 50.8 Å². The Kier molecular flexibility index (Phi) is 6.37. The van der Waals surface area contributed by atoms with Crippen LogP contribution < -0.4 is 5.73 Å². The predicted molar refractivity (Wildman–Crippen MR) is 79.7 cm³/mol. The molecule has 2 heteroatoms. The minimum Gasteiger partial charge on any atom is -0.323 e. The SMILES string of the molecule is CCc1ccc(C(N)CN(C)C(CC)CC)cc1. The molecule has 0 aliphatic heterocycles. The minimum atomic E-state index is 0.113. The number of rotatable bonds is 7. The number of hydrogen-bond donors (Lipinski definition) is 1. The van der Waals surface area contributed by atoms with Crippen molar-refractivity contribution in [2.45, 2.75) is 52.1 Å². The van der Waals surface area contributed by atoms with Gasteiger partial charge in [0.15, 0.2) is 0 Å². The number of likely N-dealkylation sites (N-methyl/N-ethyl adjacent to an activating group) is 1. The Balaban J connectivity index is 2.60. The first kappa shape index (κ1) is 15.2. The second-order valence-electron chi connectivity index (χ2n) is 5.11. The van der Waals surface area contributed by atoms with Crippen molar-refractivity contribution < 1.29 is 0 Å². The van der Waals surface area contributed by atoms with Crippen LogP contribution in [0, 0.1) is 0 Å². The summed E-state index contributed by atoms with van der Waals surface area (Å²) < 4.78 is 0. The van der Waals surface area contributed by atoms with Crippen molar-refractivity contribution in [3.63, 3.8) is 0 Å². The highest BCUT2D eigenvalue weighted by molar-refractivity contribution is 5.25. The van der Waals surface area contributed by atoms with Crippen LogP contribution in [0.25, 0.3) is 0 Å². The molecule has 0 aromatic heterocycles. The van der Waals surface area contributed by atoms with Gasteiger partial charge in [-0.1, -0.05) is 45.0 Å². The van der Waals surface area contributed by atoms with E-state index in [0.717, 1.165) is 13.0 Å². The molecule has 0 spiro atoms. The lowest BCUT2D eigenvalue weighted by molar-refractivity contribution is 0.217. The molecule has 1 atom stereocenters.